The molecule has 1 N–H and O–H groups in total. The van der Waals surface area contributed by atoms with Crippen LogP contribution in [-0.2, 0) is 17.6 Å². The van der Waals surface area contributed by atoms with E-state index >= 15 is 0 Å². The Morgan fingerprint density at radius 1 is 1.07 bits per heavy atom. The Morgan fingerprint density at radius 2 is 1.81 bits per heavy atom. The Hall–Kier alpha value is -2.02. The standard InChI is InChI=1S/C19H17Cl2N3O2S/c1-2-12-3-5-13(6-4-12)9-18-23-24-19(26-18)27-11-17(25)22-14-7-8-15(20)16(21)10-14/h3-8,10H,2,9,11H2,1H3,(H,22,25). The highest BCUT2D eigenvalue weighted by Gasteiger charge is 2.11. The van der Waals surface area contributed by atoms with Gasteiger partial charge in [0.1, 0.15) is 0 Å². The number of benzene rings is 2. The Kier molecular flexibility index (Phi) is 6.77. The van der Waals surface area contributed by atoms with E-state index in [4.69, 9.17) is 27.6 Å². The van der Waals surface area contributed by atoms with Crippen molar-refractivity contribution < 1.29 is 9.21 Å². The smallest absolute Gasteiger partial charge is 0.277 e. The van der Waals surface area contributed by atoms with Gasteiger partial charge in [-0.05, 0) is 35.7 Å². The van der Waals surface area contributed by atoms with Crippen molar-refractivity contribution >= 4 is 46.6 Å². The van der Waals surface area contributed by atoms with Crippen LogP contribution in [0.15, 0.2) is 52.1 Å². The third-order valence-corrected chi connectivity index (χ3v) is 5.32. The summed E-state index contributed by atoms with van der Waals surface area (Å²) < 4.78 is 5.60. The molecule has 0 saturated carbocycles. The molecule has 1 heterocycles. The van der Waals surface area contributed by atoms with Crippen LogP contribution >= 0.6 is 35.0 Å². The highest BCUT2D eigenvalue weighted by atomic mass is 35.5. The van der Waals surface area contributed by atoms with Crippen LogP contribution < -0.4 is 5.32 Å². The summed E-state index contributed by atoms with van der Waals surface area (Å²) in [5, 5.41) is 11.9. The lowest BCUT2D eigenvalue weighted by Gasteiger charge is -2.05. The van der Waals surface area contributed by atoms with Gasteiger partial charge in [0.2, 0.25) is 11.8 Å². The van der Waals surface area contributed by atoms with Gasteiger partial charge in [-0.3, -0.25) is 4.79 Å². The third kappa shape index (κ3) is 5.73. The van der Waals surface area contributed by atoms with E-state index in [1.54, 1.807) is 18.2 Å². The summed E-state index contributed by atoms with van der Waals surface area (Å²) in [6, 6.07) is 13.2. The molecule has 3 rings (SSSR count). The minimum atomic E-state index is -0.201. The maximum atomic E-state index is 12.0. The zero-order valence-corrected chi connectivity index (χ0v) is 16.9. The van der Waals surface area contributed by atoms with Crippen molar-refractivity contribution in [2.24, 2.45) is 0 Å². The molecule has 0 radical (unpaired) electrons. The van der Waals surface area contributed by atoms with Crippen molar-refractivity contribution in [2.75, 3.05) is 11.1 Å². The molecule has 0 atom stereocenters. The van der Waals surface area contributed by atoms with Crippen LogP contribution in [-0.4, -0.2) is 21.9 Å². The van der Waals surface area contributed by atoms with Crippen molar-refractivity contribution in [3.8, 4) is 0 Å². The number of rotatable bonds is 7. The number of carbonyl (C=O) groups excluding carboxylic acids is 1. The molecule has 1 amide bonds. The quantitative estimate of drug-likeness (QED) is 0.526. The number of amides is 1. The molecule has 0 aliphatic carbocycles. The molecule has 27 heavy (non-hydrogen) atoms. The lowest BCUT2D eigenvalue weighted by molar-refractivity contribution is -0.113. The van der Waals surface area contributed by atoms with E-state index in [9.17, 15) is 4.79 Å². The molecule has 3 aromatic rings. The van der Waals surface area contributed by atoms with Crippen LogP contribution in [0.5, 0.6) is 0 Å². The summed E-state index contributed by atoms with van der Waals surface area (Å²) in [5.41, 5.74) is 2.97. The largest absolute Gasteiger partial charge is 0.416 e. The third-order valence-electron chi connectivity index (χ3n) is 3.76. The van der Waals surface area contributed by atoms with Gasteiger partial charge in [0.25, 0.3) is 5.22 Å². The average molecular weight is 422 g/mol. The summed E-state index contributed by atoms with van der Waals surface area (Å²) in [6.07, 6.45) is 1.57. The molecule has 2 aromatic carbocycles. The number of hydrogen-bond donors (Lipinski definition) is 1. The van der Waals surface area contributed by atoms with Crippen LogP contribution in [0.4, 0.5) is 5.69 Å². The zero-order valence-electron chi connectivity index (χ0n) is 14.5. The van der Waals surface area contributed by atoms with Gasteiger partial charge in [-0.25, -0.2) is 0 Å². The van der Waals surface area contributed by atoms with Crippen LogP contribution in [0.25, 0.3) is 0 Å². The molecule has 1 aromatic heterocycles. The molecule has 0 spiro atoms. The SMILES string of the molecule is CCc1ccc(Cc2nnc(SCC(=O)Nc3ccc(Cl)c(Cl)c3)o2)cc1. The number of halogens is 2. The summed E-state index contributed by atoms with van der Waals surface area (Å²) in [5.74, 6) is 0.465. The fourth-order valence-electron chi connectivity index (χ4n) is 2.33. The molecule has 0 bridgehead atoms. The highest BCUT2D eigenvalue weighted by molar-refractivity contribution is 7.99. The second-order valence-electron chi connectivity index (χ2n) is 5.77. The number of nitrogens with zero attached hydrogens (tertiary/aromatic N) is 2. The van der Waals surface area contributed by atoms with E-state index < -0.39 is 0 Å². The maximum absolute atomic E-state index is 12.0. The van der Waals surface area contributed by atoms with Crippen molar-refractivity contribution in [1.29, 1.82) is 0 Å². The number of carbonyl (C=O) groups is 1. The van der Waals surface area contributed by atoms with Gasteiger partial charge in [-0.2, -0.15) is 0 Å². The van der Waals surface area contributed by atoms with Crippen molar-refractivity contribution in [3.05, 3.63) is 69.5 Å². The van der Waals surface area contributed by atoms with Gasteiger partial charge < -0.3 is 9.73 Å². The van der Waals surface area contributed by atoms with E-state index in [1.807, 2.05) is 0 Å². The minimum Gasteiger partial charge on any atom is -0.416 e. The lowest BCUT2D eigenvalue weighted by Crippen LogP contribution is -2.13. The normalized spacial score (nSPS) is 10.8. The topological polar surface area (TPSA) is 68.0 Å². The second kappa shape index (κ2) is 9.26. The molecule has 140 valence electrons. The zero-order chi connectivity index (χ0) is 19.2. The second-order valence-corrected chi connectivity index (χ2v) is 7.52. The van der Waals surface area contributed by atoms with Crippen molar-refractivity contribution in [1.82, 2.24) is 10.2 Å². The first-order valence-electron chi connectivity index (χ1n) is 8.31. The van der Waals surface area contributed by atoms with Crippen LogP contribution in [0.3, 0.4) is 0 Å². The first-order valence-corrected chi connectivity index (χ1v) is 10.1. The first-order chi connectivity index (χ1) is 13.0. The number of aryl methyl sites for hydroxylation is 1. The fraction of sp³-hybridized carbons (Fsp3) is 0.211. The van der Waals surface area contributed by atoms with Gasteiger partial charge in [-0.15, -0.1) is 10.2 Å². The fourth-order valence-corrected chi connectivity index (χ4v) is 3.21. The molecule has 0 aliphatic heterocycles. The minimum absolute atomic E-state index is 0.146. The lowest BCUT2D eigenvalue weighted by atomic mass is 10.1. The number of thioether (sulfide) groups is 1. The van der Waals surface area contributed by atoms with Gasteiger partial charge in [-0.1, -0.05) is 66.2 Å². The van der Waals surface area contributed by atoms with E-state index in [-0.39, 0.29) is 11.7 Å². The van der Waals surface area contributed by atoms with Gasteiger partial charge in [0.05, 0.1) is 22.2 Å². The van der Waals surface area contributed by atoms with E-state index in [0.717, 1.165) is 12.0 Å². The summed E-state index contributed by atoms with van der Waals surface area (Å²) in [4.78, 5) is 12.0. The highest BCUT2D eigenvalue weighted by Crippen LogP contribution is 2.25. The maximum Gasteiger partial charge on any atom is 0.277 e. The predicted molar refractivity (Wildman–Crippen MR) is 109 cm³/mol. The summed E-state index contributed by atoms with van der Waals surface area (Å²) >= 11 is 13.0. The Balaban J connectivity index is 1.51. The van der Waals surface area contributed by atoms with Gasteiger partial charge >= 0.3 is 0 Å². The number of aromatic nitrogens is 2. The summed E-state index contributed by atoms with van der Waals surface area (Å²) in [6.45, 7) is 2.12. The first kappa shape index (κ1) is 19.7. The Morgan fingerprint density at radius 3 is 2.52 bits per heavy atom. The number of nitrogens with one attached hydrogen (secondary N) is 1. The number of hydrogen-bond acceptors (Lipinski definition) is 5. The molecular weight excluding hydrogens is 405 g/mol. The van der Waals surface area contributed by atoms with Crippen molar-refractivity contribution in [3.63, 3.8) is 0 Å². The monoisotopic (exact) mass is 421 g/mol. The van der Waals surface area contributed by atoms with E-state index in [2.05, 4.69) is 46.7 Å². The van der Waals surface area contributed by atoms with Gasteiger partial charge in [0, 0.05) is 5.69 Å². The van der Waals surface area contributed by atoms with E-state index in [0.29, 0.717) is 33.3 Å². The van der Waals surface area contributed by atoms with Crippen LogP contribution in [0.2, 0.25) is 10.0 Å². The Labute approximate surface area is 171 Å². The number of anilines is 1. The molecule has 0 fully saturated rings. The Bertz CT molecular complexity index is 929. The van der Waals surface area contributed by atoms with E-state index in [1.165, 1.54) is 17.3 Å². The summed E-state index contributed by atoms with van der Waals surface area (Å²) in [7, 11) is 0. The van der Waals surface area contributed by atoms with Crippen molar-refractivity contribution in [2.45, 2.75) is 25.0 Å². The van der Waals surface area contributed by atoms with Gasteiger partial charge in [0.15, 0.2) is 0 Å². The van der Waals surface area contributed by atoms with Crippen LogP contribution in [0.1, 0.15) is 23.9 Å². The molecular formula is C19H17Cl2N3O2S. The molecule has 0 aliphatic rings. The molecule has 0 saturated heterocycles. The van der Waals surface area contributed by atoms with Crippen LogP contribution in [0, 0.1) is 0 Å². The average Bonchev–Trinajstić information content (AvgIpc) is 3.11. The predicted octanol–water partition coefficient (Wildman–Crippen LogP) is 5.26. The molecule has 5 nitrogen and oxygen atoms in total. The molecule has 8 heteroatoms. The molecule has 0 unspecified atom stereocenters.